The Hall–Kier alpha value is -1.77. The third kappa shape index (κ3) is 3.60. The molecule has 0 aliphatic heterocycles. The van der Waals surface area contributed by atoms with Crippen LogP contribution in [0.25, 0.3) is 0 Å². The number of unbranched alkanes of at least 4 members (excludes halogenated alkanes) is 2. The molecule has 23 heavy (non-hydrogen) atoms. The number of aryl methyl sites for hydroxylation is 1. The zero-order valence-electron chi connectivity index (χ0n) is 14.3. The van der Waals surface area contributed by atoms with Crippen molar-refractivity contribution in [3.8, 4) is 11.5 Å². The van der Waals surface area contributed by atoms with Gasteiger partial charge in [0.2, 0.25) is 0 Å². The van der Waals surface area contributed by atoms with Crippen molar-refractivity contribution in [2.45, 2.75) is 58.8 Å². The van der Waals surface area contributed by atoms with E-state index in [9.17, 15) is 14.6 Å². The van der Waals surface area contributed by atoms with Crippen molar-refractivity contribution in [1.82, 2.24) is 0 Å². The van der Waals surface area contributed by atoms with Gasteiger partial charge < -0.3 is 10.2 Å². The Morgan fingerprint density at radius 3 is 2.65 bits per heavy atom. The molecule has 0 amide bonds. The second kappa shape index (κ2) is 7.20. The minimum absolute atomic E-state index is 0.0161. The van der Waals surface area contributed by atoms with Crippen molar-refractivity contribution in [3.05, 3.63) is 46.8 Å². The number of hydrogen-bond donors (Lipinski definition) is 2. The van der Waals surface area contributed by atoms with E-state index in [0.29, 0.717) is 17.5 Å². The minimum atomic E-state index is -0.590. The SMILES string of the molecule is C=C(C)[C@@H]1CC(C)=C[C@H]1c1c(O)cc(CCCCC)c(F)c1O. The predicted molar refractivity (Wildman–Crippen MR) is 92.4 cm³/mol. The molecule has 2 nitrogen and oxygen atoms in total. The Labute approximate surface area is 138 Å². The molecule has 0 bridgehead atoms. The van der Waals surface area contributed by atoms with E-state index >= 15 is 0 Å². The largest absolute Gasteiger partial charge is 0.507 e. The van der Waals surface area contributed by atoms with Gasteiger partial charge in [0.15, 0.2) is 11.6 Å². The van der Waals surface area contributed by atoms with Gasteiger partial charge in [0.05, 0.1) is 0 Å². The normalized spacial score (nSPS) is 20.6. The topological polar surface area (TPSA) is 40.5 Å². The fourth-order valence-electron chi connectivity index (χ4n) is 3.50. The molecule has 0 fully saturated rings. The number of halogens is 1. The van der Waals surface area contributed by atoms with Crippen LogP contribution in [-0.4, -0.2) is 10.2 Å². The van der Waals surface area contributed by atoms with Gasteiger partial charge in [-0.1, -0.05) is 43.6 Å². The van der Waals surface area contributed by atoms with E-state index in [-0.39, 0.29) is 17.6 Å². The van der Waals surface area contributed by atoms with Crippen molar-refractivity contribution >= 4 is 0 Å². The van der Waals surface area contributed by atoms with Gasteiger partial charge in [0.1, 0.15) is 5.75 Å². The van der Waals surface area contributed by atoms with E-state index in [1.54, 1.807) is 0 Å². The highest BCUT2D eigenvalue weighted by Crippen LogP contribution is 2.48. The van der Waals surface area contributed by atoms with Gasteiger partial charge in [-0.3, -0.25) is 0 Å². The Balaban J connectivity index is 2.40. The first-order chi connectivity index (χ1) is 10.9. The van der Waals surface area contributed by atoms with Crippen molar-refractivity contribution in [3.63, 3.8) is 0 Å². The number of rotatable bonds is 6. The molecule has 0 saturated carbocycles. The summed E-state index contributed by atoms with van der Waals surface area (Å²) in [5.74, 6) is -1.13. The average molecular weight is 318 g/mol. The second-order valence-electron chi connectivity index (χ2n) is 6.78. The highest BCUT2D eigenvalue weighted by molar-refractivity contribution is 5.53. The molecule has 3 heteroatoms. The molecular weight excluding hydrogens is 291 g/mol. The van der Waals surface area contributed by atoms with Gasteiger partial charge in [-0.05, 0) is 50.7 Å². The summed E-state index contributed by atoms with van der Waals surface area (Å²) in [5.41, 5.74) is 2.85. The van der Waals surface area contributed by atoms with E-state index in [2.05, 4.69) is 13.5 Å². The minimum Gasteiger partial charge on any atom is -0.507 e. The fourth-order valence-corrected chi connectivity index (χ4v) is 3.50. The predicted octanol–water partition coefficient (Wildman–Crippen LogP) is 5.60. The van der Waals surface area contributed by atoms with Crippen molar-refractivity contribution in [1.29, 1.82) is 0 Å². The molecule has 2 atom stereocenters. The monoisotopic (exact) mass is 318 g/mol. The maximum atomic E-state index is 14.5. The van der Waals surface area contributed by atoms with Crippen LogP contribution in [0.1, 0.15) is 63.5 Å². The summed E-state index contributed by atoms with van der Waals surface area (Å²) in [6, 6.07) is 1.48. The average Bonchev–Trinajstić information content (AvgIpc) is 2.86. The Morgan fingerprint density at radius 1 is 1.35 bits per heavy atom. The lowest BCUT2D eigenvalue weighted by Crippen LogP contribution is -2.09. The molecular formula is C20H27FO2. The Bertz CT molecular complexity index is 631. The summed E-state index contributed by atoms with van der Waals surface area (Å²) in [7, 11) is 0. The quantitative estimate of drug-likeness (QED) is 0.530. The Morgan fingerprint density at radius 2 is 2.04 bits per heavy atom. The molecule has 2 N–H and O–H groups in total. The van der Waals surface area contributed by atoms with Crippen molar-refractivity contribution in [2.75, 3.05) is 0 Å². The lowest BCUT2D eigenvalue weighted by molar-refractivity contribution is 0.394. The second-order valence-corrected chi connectivity index (χ2v) is 6.78. The molecule has 1 aromatic rings. The van der Waals surface area contributed by atoms with Crippen LogP contribution in [0.3, 0.4) is 0 Å². The van der Waals surface area contributed by atoms with Crippen molar-refractivity contribution in [2.24, 2.45) is 5.92 Å². The highest BCUT2D eigenvalue weighted by Gasteiger charge is 2.33. The van der Waals surface area contributed by atoms with Crippen LogP contribution in [0.4, 0.5) is 4.39 Å². The molecule has 2 rings (SSSR count). The highest BCUT2D eigenvalue weighted by atomic mass is 19.1. The number of phenolic OH excluding ortho intramolecular Hbond substituents is 2. The smallest absolute Gasteiger partial charge is 0.168 e. The fraction of sp³-hybridized carbons (Fsp3) is 0.500. The number of benzene rings is 1. The van der Waals surface area contributed by atoms with E-state index in [1.807, 2.05) is 19.9 Å². The van der Waals surface area contributed by atoms with Crippen LogP contribution in [-0.2, 0) is 6.42 Å². The molecule has 0 aromatic heterocycles. The molecule has 0 unspecified atom stereocenters. The van der Waals surface area contributed by atoms with Crippen LogP contribution in [0.2, 0.25) is 0 Å². The van der Waals surface area contributed by atoms with E-state index in [0.717, 1.165) is 31.3 Å². The molecule has 1 aliphatic rings. The van der Waals surface area contributed by atoms with Crippen molar-refractivity contribution < 1.29 is 14.6 Å². The summed E-state index contributed by atoms with van der Waals surface area (Å²) >= 11 is 0. The first-order valence-electron chi connectivity index (χ1n) is 8.42. The maximum Gasteiger partial charge on any atom is 0.168 e. The zero-order chi connectivity index (χ0) is 17.1. The summed E-state index contributed by atoms with van der Waals surface area (Å²) in [6.07, 6.45) is 6.27. The van der Waals surface area contributed by atoms with Crippen LogP contribution >= 0.6 is 0 Å². The van der Waals surface area contributed by atoms with E-state index < -0.39 is 11.6 Å². The third-order valence-electron chi connectivity index (χ3n) is 4.79. The number of aromatic hydroxyl groups is 2. The molecule has 0 radical (unpaired) electrons. The van der Waals surface area contributed by atoms with E-state index in [4.69, 9.17) is 0 Å². The summed E-state index contributed by atoms with van der Waals surface area (Å²) in [4.78, 5) is 0. The van der Waals surface area contributed by atoms with Gasteiger partial charge in [0, 0.05) is 11.5 Å². The van der Waals surface area contributed by atoms with Gasteiger partial charge in [-0.2, -0.15) is 0 Å². The van der Waals surface area contributed by atoms with Crippen LogP contribution in [0, 0.1) is 11.7 Å². The number of hydrogen-bond acceptors (Lipinski definition) is 2. The van der Waals surface area contributed by atoms with Crippen LogP contribution < -0.4 is 0 Å². The standard InChI is InChI=1S/C20H27FO2/c1-5-6-7-8-14-11-17(22)18(20(23)19(14)21)16-10-13(4)9-15(16)12(2)3/h10-11,15-16,22-23H,2,5-9H2,1,3-4H3/t15-,16+/m0/s1. The molecule has 126 valence electrons. The zero-order valence-corrected chi connectivity index (χ0v) is 14.3. The van der Waals surface area contributed by atoms with Gasteiger partial charge in [-0.15, -0.1) is 0 Å². The first-order valence-corrected chi connectivity index (χ1v) is 8.42. The summed E-state index contributed by atoms with van der Waals surface area (Å²) in [5, 5.41) is 20.8. The first kappa shape index (κ1) is 17.6. The molecule has 0 saturated heterocycles. The van der Waals surface area contributed by atoms with Crippen LogP contribution in [0.15, 0.2) is 29.9 Å². The lowest BCUT2D eigenvalue weighted by Gasteiger charge is -2.23. The summed E-state index contributed by atoms with van der Waals surface area (Å²) < 4.78 is 14.5. The maximum absolute atomic E-state index is 14.5. The van der Waals surface area contributed by atoms with Gasteiger partial charge >= 0.3 is 0 Å². The summed E-state index contributed by atoms with van der Waals surface area (Å²) in [6.45, 7) is 10.0. The number of allylic oxidation sites excluding steroid dienone is 3. The van der Waals surface area contributed by atoms with Crippen LogP contribution in [0.5, 0.6) is 11.5 Å². The molecule has 0 heterocycles. The molecule has 1 aromatic carbocycles. The number of phenols is 2. The van der Waals surface area contributed by atoms with Gasteiger partial charge in [-0.25, -0.2) is 4.39 Å². The molecule has 0 spiro atoms. The molecule has 1 aliphatic carbocycles. The van der Waals surface area contributed by atoms with E-state index in [1.165, 1.54) is 11.6 Å². The third-order valence-corrected chi connectivity index (χ3v) is 4.79. The lowest BCUT2D eigenvalue weighted by atomic mass is 9.83. The van der Waals surface area contributed by atoms with Gasteiger partial charge in [0.25, 0.3) is 0 Å². The Kier molecular flexibility index (Phi) is 5.51.